The van der Waals surface area contributed by atoms with Gasteiger partial charge < -0.3 is 15.5 Å². The molecule has 0 fully saturated rings. The Kier molecular flexibility index (Phi) is 4.28. The molecule has 4 rings (SSSR count). The van der Waals surface area contributed by atoms with Gasteiger partial charge in [0.1, 0.15) is 17.5 Å². The van der Waals surface area contributed by atoms with Crippen LogP contribution in [0.3, 0.4) is 0 Å². The van der Waals surface area contributed by atoms with Crippen molar-refractivity contribution < 1.29 is 4.79 Å². The summed E-state index contributed by atoms with van der Waals surface area (Å²) in [7, 11) is 0. The summed E-state index contributed by atoms with van der Waals surface area (Å²) < 4.78 is 0. The molecule has 2 aliphatic heterocycles. The standard InChI is InChI=1S/C19H22N6O/c1-13-22-16-7-11-25(19(26)14-4-5-17(20)21-12-14)10-6-15(16)18(23-13)24-8-2-3-9-24/h2-5,12H,6-11H2,1H3,(H2,20,21). The number of carbonyl (C=O) groups is 1. The quantitative estimate of drug-likeness (QED) is 0.823. The number of nitrogens with two attached hydrogens (primary N) is 1. The highest BCUT2D eigenvalue weighted by Gasteiger charge is 2.25. The number of amides is 1. The fraction of sp³-hybridized carbons (Fsp3) is 0.368. The van der Waals surface area contributed by atoms with E-state index in [9.17, 15) is 4.79 Å². The van der Waals surface area contributed by atoms with Crippen molar-refractivity contribution in [3.63, 3.8) is 0 Å². The molecule has 0 aromatic carbocycles. The maximum atomic E-state index is 12.8. The Labute approximate surface area is 152 Å². The highest BCUT2D eigenvalue weighted by molar-refractivity contribution is 5.94. The lowest BCUT2D eigenvalue weighted by atomic mass is 10.1. The predicted molar refractivity (Wildman–Crippen MR) is 100 cm³/mol. The minimum atomic E-state index is -0.0145. The predicted octanol–water partition coefficient (Wildman–Crippen LogP) is 1.38. The van der Waals surface area contributed by atoms with Crippen LogP contribution < -0.4 is 10.6 Å². The van der Waals surface area contributed by atoms with Crippen molar-refractivity contribution in [2.45, 2.75) is 19.8 Å². The lowest BCUT2D eigenvalue weighted by molar-refractivity contribution is 0.0762. The Morgan fingerprint density at radius 3 is 2.62 bits per heavy atom. The number of hydrogen-bond acceptors (Lipinski definition) is 6. The van der Waals surface area contributed by atoms with Crippen molar-refractivity contribution in [2.75, 3.05) is 36.8 Å². The molecule has 0 aliphatic carbocycles. The Morgan fingerprint density at radius 1 is 1.12 bits per heavy atom. The minimum Gasteiger partial charge on any atom is -0.384 e. The van der Waals surface area contributed by atoms with Crippen LogP contribution in [0.5, 0.6) is 0 Å². The number of pyridine rings is 1. The number of fused-ring (bicyclic) bond motifs is 1. The van der Waals surface area contributed by atoms with Crippen LogP contribution in [-0.2, 0) is 12.8 Å². The topological polar surface area (TPSA) is 88.2 Å². The second kappa shape index (κ2) is 6.74. The van der Waals surface area contributed by atoms with E-state index in [-0.39, 0.29) is 5.91 Å². The fourth-order valence-electron chi connectivity index (χ4n) is 3.53. The van der Waals surface area contributed by atoms with Gasteiger partial charge >= 0.3 is 0 Å². The van der Waals surface area contributed by atoms with E-state index in [0.717, 1.165) is 43.3 Å². The van der Waals surface area contributed by atoms with Crippen molar-refractivity contribution in [1.82, 2.24) is 19.9 Å². The Balaban J connectivity index is 1.58. The highest BCUT2D eigenvalue weighted by Crippen LogP contribution is 2.26. The van der Waals surface area contributed by atoms with Crippen LogP contribution in [0.1, 0.15) is 27.4 Å². The molecule has 0 unspecified atom stereocenters. The third kappa shape index (κ3) is 3.12. The zero-order valence-corrected chi connectivity index (χ0v) is 14.9. The van der Waals surface area contributed by atoms with Crippen LogP contribution in [0.4, 0.5) is 11.6 Å². The third-order valence-electron chi connectivity index (χ3n) is 4.87. The molecule has 26 heavy (non-hydrogen) atoms. The van der Waals surface area contributed by atoms with E-state index in [2.05, 4.69) is 27.0 Å². The summed E-state index contributed by atoms with van der Waals surface area (Å²) in [5, 5.41) is 0. The Hall–Kier alpha value is -2.96. The normalized spacial score (nSPS) is 16.5. The minimum absolute atomic E-state index is 0.0145. The number of anilines is 2. The first-order chi connectivity index (χ1) is 12.6. The second-order valence-corrected chi connectivity index (χ2v) is 6.66. The molecule has 2 aliphatic rings. The zero-order chi connectivity index (χ0) is 18.1. The number of hydrogen-bond donors (Lipinski definition) is 1. The van der Waals surface area contributed by atoms with Gasteiger partial charge in [0.25, 0.3) is 5.91 Å². The number of carbonyl (C=O) groups excluding carboxylic acids is 1. The molecule has 7 heteroatoms. The summed E-state index contributed by atoms with van der Waals surface area (Å²) in [6.45, 7) is 4.98. The lowest BCUT2D eigenvalue weighted by Gasteiger charge is -2.22. The maximum absolute atomic E-state index is 12.8. The molecule has 1 amide bonds. The summed E-state index contributed by atoms with van der Waals surface area (Å²) in [6.07, 6.45) is 7.35. The molecule has 0 saturated carbocycles. The monoisotopic (exact) mass is 350 g/mol. The molecule has 0 spiro atoms. The van der Waals surface area contributed by atoms with Gasteiger partial charge in [-0.15, -0.1) is 0 Å². The van der Waals surface area contributed by atoms with Crippen molar-refractivity contribution in [2.24, 2.45) is 0 Å². The number of nitrogen functional groups attached to an aromatic ring is 1. The number of nitrogens with zero attached hydrogens (tertiary/aromatic N) is 5. The molecule has 4 heterocycles. The molecule has 0 bridgehead atoms. The van der Waals surface area contributed by atoms with E-state index in [1.807, 2.05) is 11.8 Å². The molecule has 2 N–H and O–H groups in total. The van der Waals surface area contributed by atoms with Gasteiger partial charge in [-0.05, 0) is 25.5 Å². The largest absolute Gasteiger partial charge is 0.384 e. The molecule has 0 atom stereocenters. The van der Waals surface area contributed by atoms with Gasteiger partial charge in [-0.2, -0.15) is 0 Å². The lowest BCUT2D eigenvalue weighted by Crippen LogP contribution is -2.33. The summed E-state index contributed by atoms with van der Waals surface area (Å²) in [4.78, 5) is 30.3. The molecule has 0 saturated heterocycles. The Morgan fingerprint density at radius 2 is 1.88 bits per heavy atom. The molecule has 134 valence electrons. The fourth-order valence-corrected chi connectivity index (χ4v) is 3.53. The molecule has 2 aromatic rings. The van der Waals surface area contributed by atoms with E-state index in [4.69, 9.17) is 10.7 Å². The van der Waals surface area contributed by atoms with Crippen LogP contribution in [-0.4, -0.2) is 51.9 Å². The van der Waals surface area contributed by atoms with Gasteiger partial charge in [-0.1, -0.05) is 12.2 Å². The average molecular weight is 350 g/mol. The summed E-state index contributed by atoms with van der Waals surface area (Å²) in [5.74, 6) is 2.20. The van der Waals surface area contributed by atoms with E-state index < -0.39 is 0 Å². The average Bonchev–Trinajstić information content (AvgIpc) is 3.09. The Bertz CT molecular complexity index is 853. The number of rotatable bonds is 2. The van der Waals surface area contributed by atoms with Crippen LogP contribution in [0, 0.1) is 6.92 Å². The summed E-state index contributed by atoms with van der Waals surface area (Å²) >= 11 is 0. The zero-order valence-electron chi connectivity index (χ0n) is 14.9. The molecule has 7 nitrogen and oxygen atoms in total. The smallest absolute Gasteiger partial charge is 0.255 e. The van der Waals surface area contributed by atoms with Crippen LogP contribution in [0.25, 0.3) is 0 Å². The molecule has 0 radical (unpaired) electrons. The van der Waals surface area contributed by atoms with Crippen LogP contribution in [0.15, 0.2) is 30.5 Å². The maximum Gasteiger partial charge on any atom is 0.255 e. The van der Waals surface area contributed by atoms with Crippen molar-refractivity contribution in [3.8, 4) is 0 Å². The first-order valence-corrected chi connectivity index (χ1v) is 8.89. The number of aryl methyl sites for hydroxylation is 1. The first kappa shape index (κ1) is 16.5. The van der Waals surface area contributed by atoms with E-state index in [0.29, 0.717) is 24.5 Å². The second-order valence-electron chi connectivity index (χ2n) is 6.66. The van der Waals surface area contributed by atoms with Gasteiger partial charge in [-0.25, -0.2) is 15.0 Å². The van der Waals surface area contributed by atoms with Crippen molar-refractivity contribution in [3.05, 3.63) is 53.1 Å². The first-order valence-electron chi connectivity index (χ1n) is 8.89. The molecular formula is C19H22N6O. The highest BCUT2D eigenvalue weighted by atomic mass is 16.2. The third-order valence-corrected chi connectivity index (χ3v) is 4.87. The van der Waals surface area contributed by atoms with Gasteiger partial charge in [0, 0.05) is 44.4 Å². The van der Waals surface area contributed by atoms with Crippen molar-refractivity contribution >= 4 is 17.5 Å². The van der Waals surface area contributed by atoms with Crippen LogP contribution in [0.2, 0.25) is 0 Å². The summed E-state index contributed by atoms with van der Waals surface area (Å²) in [5.41, 5.74) is 8.42. The van der Waals surface area contributed by atoms with E-state index >= 15 is 0 Å². The molecule has 2 aromatic heterocycles. The van der Waals surface area contributed by atoms with E-state index in [1.165, 1.54) is 5.56 Å². The van der Waals surface area contributed by atoms with E-state index in [1.54, 1.807) is 18.3 Å². The van der Waals surface area contributed by atoms with Gasteiger partial charge in [-0.3, -0.25) is 4.79 Å². The summed E-state index contributed by atoms with van der Waals surface area (Å²) in [6, 6.07) is 3.39. The van der Waals surface area contributed by atoms with Gasteiger partial charge in [0.05, 0.1) is 11.3 Å². The van der Waals surface area contributed by atoms with Crippen LogP contribution >= 0.6 is 0 Å². The number of aromatic nitrogens is 3. The van der Waals surface area contributed by atoms with Crippen molar-refractivity contribution in [1.29, 1.82) is 0 Å². The molecular weight excluding hydrogens is 328 g/mol. The SMILES string of the molecule is Cc1nc2c(c(N3CC=CC3)n1)CCN(C(=O)c1ccc(N)nc1)CC2. The van der Waals surface area contributed by atoms with Gasteiger partial charge in [0.15, 0.2) is 0 Å². The van der Waals surface area contributed by atoms with Gasteiger partial charge in [0.2, 0.25) is 0 Å².